The Labute approximate surface area is 128 Å². The van der Waals surface area contributed by atoms with Crippen molar-refractivity contribution >= 4 is 6.03 Å². The topological polar surface area (TPSA) is 72.5 Å². The van der Waals surface area contributed by atoms with Crippen molar-refractivity contribution in [1.82, 2.24) is 15.6 Å². The molecule has 1 aromatic heterocycles. The van der Waals surface area contributed by atoms with Crippen LogP contribution in [0.2, 0.25) is 0 Å². The summed E-state index contributed by atoms with van der Waals surface area (Å²) >= 11 is 0. The molecule has 0 fully saturated rings. The molecule has 3 rings (SSSR count). The molecule has 0 saturated carbocycles. The lowest BCUT2D eigenvalue weighted by atomic mass is 10.1. The van der Waals surface area contributed by atoms with Crippen molar-refractivity contribution in [3.63, 3.8) is 0 Å². The number of fused-ring (bicyclic) bond motifs is 1. The summed E-state index contributed by atoms with van der Waals surface area (Å²) in [4.78, 5) is 16.0. The van der Waals surface area contributed by atoms with Gasteiger partial charge in [-0.1, -0.05) is 12.1 Å². The fourth-order valence-corrected chi connectivity index (χ4v) is 2.20. The highest BCUT2D eigenvalue weighted by atomic mass is 16.7. The summed E-state index contributed by atoms with van der Waals surface area (Å²) in [6.07, 6.45) is 3.44. The van der Waals surface area contributed by atoms with Crippen LogP contribution in [0, 0.1) is 0 Å². The van der Waals surface area contributed by atoms with Crippen molar-refractivity contribution in [2.75, 3.05) is 6.79 Å². The molecule has 0 unspecified atom stereocenters. The van der Waals surface area contributed by atoms with Crippen LogP contribution in [-0.4, -0.2) is 17.8 Å². The van der Waals surface area contributed by atoms with Gasteiger partial charge in [0, 0.05) is 18.9 Å². The van der Waals surface area contributed by atoms with Crippen LogP contribution < -0.4 is 20.1 Å². The molecule has 0 aliphatic carbocycles. The number of hydrogen-bond donors (Lipinski definition) is 2. The third-order valence-corrected chi connectivity index (χ3v) is 3.42. The molecule has 0 saturated heterocycles. The van der Waals surface area contributed by atoms with Gasteiger partial charge in [0.2, 0.25) is 6.79 Å². The van der Waals surface area contributed by atoms with E-state index in [0.717, 1.165) is 16.9 Å². The van der Waals surface area contributed by atoms with Gasteiger partial charge in [0.25, 0.3) is 0 Å². The Morgan fingerprint density at radius 1 is 1.32 bits per heavy atom. The molecule has 114 valence electrons. The van der Waals surface area contributed by atoms with Gasteiger partial charge in [-0.2, -0.15) is 0 Å². The first-order valence-corrected chi connectivity index (χ1v) is 7.05. The predicted molar refractivity (Wildman–Crippen MR) is 80.6 cm³/mol. The van der Waals surface area contributed by atoms with E-state index in [1.165, 1.54) is 0 Å². The molecule has 0 spiro atoms. The number of hydrogen-bond acceptors (Lipinski definition) is 4. The molecule has 2 N–H and O–H groups in total. The summed E-state index contributed by atoms with van der Waals surface area (Å²) in [5.41, 5.74) is 1.91. The Morgan fingerprint density at radius 2 is 2.18 bits per heavy atom. The quantitative estimate of drug-likeness (QED) is 0.909. The average Bonchev–Trinajstić information content (AvgIpc) is 3.01. The van der Waals surface area contributed by atoms with Crippen LogP contribution in [0.1, 0.15) is 24.1 Å². The molecule has 2 heterocycles. The standard InChI is InChI=1S/C16H17N3O3/c1-11(13-3-2-6-17-9-13)19-16(20)18-8-12-4-5-14-15(7-12)22-10-21-14/h2-7,9,11H,8,10H2,1H3,(H2,18,19,20)/t11-/m0/s1. The second kappa shape index (κ2) is 6.34. The van der Waals surface area contributed by atoms with E-state index in [9.17, 15) is 4.79 Å². The zero-order valence-electron chi connectivity index (χ0n) is 12.2. The molecule has 1 aromatic carbocycles. The fourth-order valence-electron chi connectivity index (χ4n) is 2.20. The maximum absolute atomic E-state index is 11.9. The average molecular weight is 299 g/mol. The summed E-state index contributed by atoms with van der Waals surface area (Å²) in [7, 11) is 0. The number of amides is 2. The normalized spacial score (nSPS) is 13.5. The van der Waals surface area contributed by atoms with Gasteiger partial charge < -0.3 is 20.1 Å². The maximum Gasteiger partial charge on any atom is 0.315 e. The summed E-state index contributed by atoms with van der Waals surface area (Å²) in [5, 5.41) is 5.70. The van der Waals surface area contributed by atoms with E-state index in [2.05, 4.69) is 15.6 Å². The van der Waals surface area contributed by atoms with E-state index in [1.54, 1.807) is 12.4 Å². The van der Waals surface area contributed by atoms with Crippen molar-refractivity contribution in [3.8, 4) is 11.5 Å². The molecular weight excluding hydrogens is 282 g/mol. The van der Waals surface area contributed by atoms with Crippen molar-refractivity contribution in [3.05, 3.63) is 53.9 Å². The minimum atomic E-state index is -0.228. The van der Waals surface area contributed by atoms with E-state index in [1.807, 2.05) is 37.3 Å². The molecule has 0 bridgehead atoms. The SMILES string of the molecule is C[C@H](NC(=O)NCc1ccc2c(c1)OCO2)c1cccnc1. The molecule has 0 radical (unpaired) electrons. The maximum atomic E-state index is 11.9. The number of rotatable bonds is 4. The molecule has 1 aliphatic rings. The molecule has 6 nitrogen and oxygen atoms in total. The summed E-state index contributed by atoms with van der Waals surface area (Å²) < 4.78 is 10.6. The van der Waals surface area contributed by atoms with Crippen LogP contribution >= 0.6 is 0 Å². The number of pyridine rings is 1. The van der Waals surface area contributed by atoms with Gasteiger partial charge >= 0.3 is 6.03 Å². The lowest BCUT2D eigenvalue weighted by Gasteiger charge is -2.14. The Morgan fingerprint density at radius 3 is 3.00 bits per heavy atom. The van der Waals surface area contributed by atoms with Gasteiger partial charge in [-0.3, -0.25) is 4.98 Å². The van der Waals surface area contributed by atoms with Crippen molar-refractivity contribution in [2.45, 2.75) is 19.5 Å². The van der Waals surface area contributed by atoms with Crippen molar-refractivity contribution in [1.29, 1.82) is 0 Å². The highest BCUT2D eigenvalue weighted by Crippen LogP contribution is 2.32. The first-order chi connectivity index (χ1) is 10.7. The summed E-state index contributed by atoms with van der Waals surface area (Å²) in [6, 6.07) is 9.05. The van der Waals surface area contributed by atoms with Gasteiger partial charge in [-0.25, -0.2) is 4.79 Å². The lowest BCUT2D eigenvalue weighted by molar-refractivity contribution is 0.174. The van der Waals surface area contributed by atoms with E-state index in [0.29, 0.717) is 12.3 Å². The van der Waals surface area contributed by atoms with Gasteiger partial charge in [-0.15, -0.1) is 0 Å². The second-order valence-corrected chi connectivity index (χ2v) is 5.02. The third kappa shape index (κ3) is 3.28. The Kier molecular flexibility index (Phi) is 4.09. The second-order valence-electron chi connectivity index (χ2n) is 5.02. The number of ether oxygens (including phenoxy) is 2. The number of carbonyl (C=O) groups excluding carboxylic acids is 1. The number of urea groups is 1. The van der Waals surface area contributed by atoms with Crippen LogP contribution in [0.25, 0.3) is 0 Å². The largest absolute Gasteiger partial charge is 0.454 e. The molecule has 1 atom stereocenters. The summed E-state index contributed by atoms with van der Waals surface area (Å²) in [6.45, 7) is 2.58. The molecule has 6 heteroatoms. The molecule has 2 amide bonds. The fraction of sp³-hybridized carbons (Fsp3) is 0.250. The molecule has 1 aliphatic heterocycles. The predicted octanol–water partition coefficient (Wildman–Crippen LogP) is 2.37. The first kappa shape index (κ1) is 14.2. The van der Waals surface area contributed by atoms with Crippen molar-refractivity contribution < 1.29 is 14.3 Å². The van der Waals surface area contributed by atoms with E-state index < -0.39 is 0 Å². The smallest absolute Gasteiger partial charge is 0.315 e. The molecule has 2 aromatic rings. The van der Waals surface area contributed by atoms with Crippen molar-refractivity contribution in [2.24, 2.45) is 0 Å². The van der Waals surface area contributed by atoms with Crippen LogP contribution in [0.15, 0.2) is 42.7 Å². The zero-order valence-corrected chi connectivity index (χ0v) is 12.2. The molecular formula is C16H17N3O3. The van der Waals surface area contributed by atoms with E-state index >= 15 is 0 Å². The van der Waals surface area contributed by atoms with E-state index in [-0.39, 0.29) is 18.9 Å². The zero-order chi connectivity index (χ0) is 15.4. The van der Waals surface area contributed by atoms with Crippen LogP contribution in [0.5, 0.6) is 11.5 Å². The summed E-state index contributed by atoms with van der Waals surface area (Å²) in [5.74, 6) is 1.45. The number of nitrogens with one attached hydrogen (secondary N) is 2. The number of carbonyl (C=O) groups is 1. The Balaban J connectivity index is 1.52. The highest BCUT2D eigenvalue weighted by molar-refractivity contribution is 5.74. The minimum Gasteiger partial charge on any atom is -0.454 e. The minimum absolute atomic E-state index is 0.106. The third-order valence-electron chi connectivity index (χ3n) is 3.42. The highest BCUT2D eigenvalue weighted by Gasteiger charge is 2.14. The van der Waals surface area contributed by atoms with Crippen LogP contribution in [0.3, 0.4) is 0 Å². The Hall–Kier alpha value is -2.76. The number of nitrogens with zero attached hydrogens (tertiary/aromatic N) is 1. The monoisotopic (exact) mass is 299 g/mol. The van der Waals surface area contributed by atoms with E-state index in [4.69, 9.17) is 9.47 Å². The van der Waals surface area contributed by atoms with Gasteiger partial charge in [-0.05, 0) is 36.2 Å². The number of aromatic nitrogens is 1. The lowest BCUT2D eigenvalue weighted by Crippen LogP contribution is -2.36. The first-order valence-electron chi connectivity index (χ1n) is 7.05. The number of benzene rings is 1. The van der Waals surface area contributed by atoms with Gasteiger partial charge in [0.05, 0.1) is 6.04 Å². The van der Waals surface area contributed by atoms with Gasteiger partial charge in [0.1, 0.15) is 0 Å². The molecule has 22 heavy (non-hydrogen) atoms. The Bertz CT molecular complexity index is 661. The van der Waals surface area contributed by atoms with Crippen LogP contribution in [0.4, 0.5) is 4.79 Å². The van der Waals surface area contributed by atoms with Crippen LogP contribution in [-0.2, 0) is 6.54 Å². The van der Waals surface area contributed by atoms with Gasteiger partial charge in [0.15, 0.2) is 11.5 Å².